The molecule has 0 atom stereocenters. The molecule has 0 aliphatic rings. The summed E-state index contributed by atoms with van der Waals surface area (Å²) in [6.45, 7) is -0.328. The summed E-state index contributed by atoms with van der Waals surface area (Å²) in [6, 6.07) is 3.19. The lowest BCUT2D eigenvalue weighted by Gasteiger charge is -2.09. The molecule has 1 N–H and O–H groups in total. The van der Waals surface area contributed by atoms with E-state index in [-0.39, 0.29) is 22.9 Å². The molecule has 1 aromatic rings. The van der Waals surface area contributed by atoms with Crippen molar-refractivity contribution in [3.63, 3.8) is 0 Å². The van der Waals surface area contributed by atoms with Crippen LogP contribution in [0.5, 0.6) is 0 Å². The van der Waals surface area contributed by atoms with Crippen molar-refractivity contribution < 1.29 is 13.2 Å². The molecular weight excluding hydrogens is 243 g/mol. The van der Waals surface area contributed by atoms with E-state index < -0.39 is 12.6 Å². The Hall–Kier alpha value is -1.48. The maximum Gasteiger partial charge on any atom is 0.390 e. The van der Waals surface area contributed by atoms with Crippen molar-refractivity contribution in [3.8, 4) is 6.07 Å². The van der Waals surface area contributed by atoms with Gasteiger partial charge in [0.25, 0.3) is 0 Å². The number of nitrogens with one attached hydrogen (secondary N) is 1. The summed E-state index contributed by atoms with van der Waals surface area (Å²) in [6.07, 6.45) is -3.91. The van der Waals surface area contributed by atoms with Crippen LogP contribution >= 0.6 is 11.6 Å². The van der Waals surface area contributed by atoms with Crippen molar-refractivity contribution in [1.29, 1.82) is 5.26 Å². The molecule has 86 valence electrons. The van der Waals surface area contributed by atoms with E-state index in [9.17, 15) is 13.2 Å². The van der Waals surface area contributed by atoms with Gasteiger partial charge >= 0.3 is 6.18 Å². The number of aromatic nitrogens is 1. The number of nitrogens with zero attached hydrogens (tertiary/aromatic N) is 2. The molecular formula is C9H7ClF3N3. The van der Waals surface area contributed by atoms with Crippen molar-refractivity contribution in [3.05, 3.63) is 22.8 Å². The van der Waals surface area contributed by atoms with Crippen LogP contribution in [0.4, 0.5) is 19.0 Å². The van der Waals surface area contributed by atoms with Gasteiger partial charge in [0, 0.05) is 12.7 Å². The molecule has 16 heavy (non-hydrogen) atoms. The van der Waals surface area contributed by atoms with E-state index in [0.29, 0.717) is 0 Å². The lowest BCUT2D eigenvalue weighted by atomic mass is 10.3. The largest absolute Gasteiger partial charge is 0.390 e. The Morgan fingerprint density at radius 3 is 2.75 bits per heavy atom. The smallest absolute Gasteiger partial charge is 0.368 e. The highest BCUT2D eigenvalue weighted by Crippen LogP contribution is 2.24. The fourth-order valence-corrected chi connectivity index (χ4v) is 1.20. The number of pyridine rings is 1. The topological polar surface area (TPSA) is 48.7 Å². The molecule has 0 aliphatic heterocycles. The summed E-state index contributed by atoms with van der Waals surface area (Å²) >= 11 is 5.73. The van der Waals surface area contributed by atoms with E-state index in [1.54, 1.807) is 0 Å². The molecule has 0 saturated carbocycles. The van der Waals surface area contributed by atoms with Crippen LogP contribution in [0.25, 0.3) is 0 Å². The maximum absolute atomic E-state index is 11.9. The normalized spacial score (nSPS) is 10.9. The number of anilines is 1. The average Bonchev–Trinajstić information content (AvgIpc) is 2.19. The van der Waals surface area contributed by atoms with E-state index in [4.69, 9.17) is 16.9 Å². The lowest BCUT2D eigenvalue weighted by Crippen LogP contribution is -2.15. The van der Waals surface area contributed by atoms with Gasteiger partial charge in [-0.25, -0.2) is 4.98 Å². The SMILES string of the molecule is N#Cc1ccnc(NCCC(F)(F)F)c1Cl. The molecule has 7 heteroatoms. The van der Waals surface area contributed by atoms with Crippen molar-refractivity contribution >= 4 is 17.4 Å². The highest BCUT2D eigenvalue weighted by atomic mass is 35.5. The van der Waals surface area contributed by atoms with E-state index in [0.717, 1.165) is 0 Å². The highest BCUT2D eigenvalue weighted by Gasteiger charge is 2.26. The first-order valence-electron chi connectivity index (χ1n) is 4.29. The monoisotopic (exact) mass is 249 g/mol. The Kier molecular flexibility index (Phi) is 3.96. The Morgan fingerprint density at radius 1 is 1.50 bits per heavy atom. The molecule has 0 saturated heterocycles. The zero-order valence-corrected chi connectivity index (χ0v) is 8.73. The zero-order valence-electron chi connectivity index (χ0n) is 7.98. The van der Waals surface area contributed by atoms with E-state index >= 15 is 0 Å². The predicted octanol–water partition coefficient (Wildman–Crippen LogP) is 2.97. The molecule has 0 unspecified atom stereocenters. The fraction of sp³-hybridized carbons (Fsp3) is 0.333. The van der Waals surface area contributed by atoms with Gasteiger partial charge in [-0.3, -0.25) is 0 Å². The number of hydrogen-bond donors (Lipinski definition) is 1. The highest BCUT2D eigenvalue weighted by molar-refractivity contribution is 6.34. The summed E-state index contributed by atoms with van der Waals surface area (Å²) in [7, 11) is 0. The molecule has 0 aliphatic carbocycles. The second-order valence-electron chi connectivity index (χ2n) is 2.92. The Labute approximate surface area is 94.9 Å². The molecule has 1 heterocycles. The molecule has 1 aromatic heterocycles. The number of halogens is 4. The summed E-state index contributed by atoms with van der Waals surface area (Å²) in [5, 5.41) is 11.1. The first-order valence-corrected chi connectivity index (χ1v) is 4.67. The summed E-state index contributed by atoms with van der Waals surface area (Å²) in [5.74, 6) is 0.0879. The summed E-state index contributed by atoms with van der Waals surface area (Å²) in [4.78, 5) is 3.74. The van der Waals surface area contributed by atoms with Gasteiger partial charge in [0.1, 0.15) is 16.9 Å². The second-order valence-corrected chi connectivity index (χ2v) is 3.30. The zero-order chi connectivity index (χ0) is 12.2. The van der Waals surface area contributed by atoms with E-state index in [1.807, 2.05) is 6.07 Å². The molecule has 3 nitrogen and oxygen atoms in total. The predicted molar refractivity (Wildman–Crippen MR) is 53.1 cm³/mol. The number of rotatable bonds is 3. The minimum atomic E-state index is -4.23. The van der Waals surface area contributed by atoms with Crippen LogP contribution < -0.4 is 5.32 Å². The minimum Gasteiger partial charge on any atom is -0.368 e. The van der Waals surface area contributed by atoms with Crippen molar-refractivity contribution in [1.82, 2.24) is 4.98 Å². The van der Waals surface area contributed by atoms with E-state index in [1.165, 1.54) is 12.3 Å². The van der Waals surface area contributed by atoms with Gasteiger partial charge in [-0.2, -0.15) is 18.4 Å². The molecule has 0 amide bonds. The third-order valence-corrected chi connectivity index (χ3v) is 2.09. The fourth-order valence-electron chi connectivity index (χ4n) is 0.976. The van der Waals surface area contributed by atoms with Crippen molar-refractivity contribution in [2.24, 2.45) is 0 Å². The van der Waals surface area contributed by atoms with Crippen LogP contribution in [-0.4, -0.2) is 17.7 Å². The van der Waals surface area contributed by atoms with Crippen LogP contribution in [0.15, 0.2) is 12.3 Å². The Balaban J connectivity index is 2.65. The van der Waals surface area contributed by atoms with Gasteiger partial charge < -0.3 is 5.32 Å². The molecule has 0 radical (unpaired) electrons. The van der Waals surface area contributed by atoms with Crippen molar-refractivity contribution in [2.75, 3.05) is 11.9 Å². The molecule has 1 rings (SSSR count). The molecule has 0 fully saturated rings. The van der Waals surface area contributed by atoms with Crippen LogP contribution in [-0.2, 0) is 0 Å². The average molecular weight is 250 g/mol. The van der Waals surface area contributed by atoms with Gasteiger partial charge in [-0.1, -0.05) is 11.6 Å². The molecule has 0 aromatic carbocycles. The number of hydrogen-bond acceptors (Lipinski definition) is 3. The van der Waals surface area contributed by atoms with Crippen molar-refractivity contribution in [2.45, 2.75) is 12.6 Å². The maximum atomic E-state index is 11.9. The van der Waals surface area contributed by atoms with Gasteiger partial charge in [-0.05, 0) is 6.07 Å². The number of alkyl halides is 3. The lowest BCUT2D eigenvalue weighted by molar-refractivity contribution is -0.131. The summed E-state index contributed by atoms with van der Waals surface area (Å²) in [5.41, 5.74) is 0.172. The minimum absolute atomic E-state index is 0.0344. The summed E-state index contributed by atoms with van der Waals surface area (Å²) < 4.78 is 35.6. The van der Waals surface area contributed by atoms with Gasteiger partial charge in [0.2, 0.25) is 0 Å². The van der Waals surface area contributed by atoms with Crippen LogP contribution in [0.3, 0.4) is 0 Å². The van der Waals surface area contributed by atoms with E-state index in [2.05, 4.69) is 10.3 Å². The third-order valence-electron chi connectivity index (χ3n) is 1.71. The van der Waals surface area contributed by atoms with Gasteiger partial charge in [0.15, 0.2) is 0 Å². The Morgan fingerprint density at radius 2 is 2.19 bits per heavy atom. The second kappa shape index (κ2) is 5.03. The van der Waals surface area contributed by atoms with Crippen LogP contribution in [0, 0.1) is 11.3 Å². The van der Waals surface area contributed by atoms with Crippen LogP contribution in [0.1, 0.15) is 12.0 Å². The number of nitriles is 1. The third kappa shape index (κ3) is 3.59. The first-order chi connectivity index (χ1) is 7.44. The standard InChI is InChI=1S/C9H7ClF3N3/c10-7-6(5-14)1-3-15-8(7)16-4-2-9(11,12)13/h1,3H,2,4H2,(H,15,16). The van der Waals surface area contributed by atoms with Crippen LogP contribution in [0.2, 0.25) is 5.02 Å². The molecule has 0 spiro atoms. The molecule has 0 bridgehead atoms. The van der Waals surface area contributed by atoms with Gasteiger partial charge in [-0.15, -0.1) is 0 Å². The Bertz CT molecular complexity index is 411. The first kappa shape index (κ1) is 12.6. The quantitative estimate of drug-likeness (QED) is 0.896. The van der Waals surface area contributed by atoms with Gasteiger partial charge in [0.05, 0.1) is 12.0 Å².